The van der Waals surface area contributed by atoms with Gasteiger partial charge in [0, 0.05) is 19.6 Å². The second-order valence-electron chi connectivity index (χ2n) is 6.27. The van der Waals surface area contributed by atoms with E-state index in [0.29, 0.717) is 26.3 Å². The fourth-order valence-corrected chi connectivity index (χ4v) is 4.23. The zero-order valence-electron chi connectivity index (χ0n) is 15.3. The number of carbonyl (C=O) groups excluding carboxylic acids is 1. The molecule has 9 heteroatoms. The molecule has 0 aromatic heterocycles. The molecule has 3 rings (SSSR count). The Morgan fingerprint density at radius 1 is 1.07 bits per heavy atom. The van der Waals surface area contributed by atoms with Crippen molar-refractivity contribution in [3.63, 3.8) is 0 Å². The highest BCUT2D eigenvalue weighted by Crippen LogP contribution is 2.18. The van der Waals surface area contributed by atoms with Gasteiger partial charge in [0.1, 0.15) is 6.04 Å². The summed E-state index contributed by atoms with van der Waals surface area (Å²) in [5, 5.41) is 2.78. The minimum Gasteiger partial charge on any atom is -0.379 e. The van der Waals surface area contributed by atoms with Gasteiger partial charge in [-0.1, -0.05) is 42.5 Å². The Labute approximate surface area is 171 Å². The molecule has 0 saturated carbocycles. The van der Waals surface area contributed by atoms with Crippen LogP contribution >= 0.6 is 12.4 Å². The molecule has 0 aliphatic carbocycles. The molecule has 0 bridgehead atoms. The molecule has 7 nitrogen and oxygen atoms in total. The molecule has 3 N–H and O–H groups in total. The van der Waals surface area contributed by atoms with Crippen molar-refractivity contribution >= 4 is 28.3 Å². The summed E-state index contributed by atoms with van der Waals surface area (Å²) in [5.41, 5.74) is 7.49. The predicted molar refractivity (Wildman–Crippen MR) is 108 cm³/mol. The van der Waals surface area contributed by atoms with E-state index in [1.54, 1.807) is 36.4 Å². The van der Waals surface area contributed by atoms with Gasteiger partial charge in [-0.05, 0) is 23.3 Å². The summed E-state index contributed by atoms with van der Waals surface area (Å²) in [6.07, 6.45) is 0. The maximum absolute atomic E-state index is 12.6. The quantitative estimate of drug-likeness (QED) is 0.729. The van der Waals surface area contributed by atoms with E-state index in [1.165, 1.54) is 4.31 Å². The van der Waals surface area contributed by atoms with Crippen LogP contribution in [0.2, 0.25) is 0 Å². The van der Waals surface area contributed by atoms with Crippen LogP contribution < -0.4 is 11.1 Å². The molecule has 1 atom stereocenters. The van der Waals surface area contributed by atoms with E-state index in [9.17, 15) is 13.2 Å². The van der Waals surface area contributed by atoms with Gasteiger partial charge >= 0.3 is 0 Å². The van der Waals surface area contributed by atoms with E-state index in [-0.39, 0.29) is 29.8 Å². The number of sulfonamides is 1. The highest BCUT2D eigenvalue weighted by atomic mass is 35.5. The Hall–Kier alpha value is -1.97. The molecule has 1 saturated heterocycles. The minimum absolute atomic E-state index is 0. The molecule has 28 heavy (non-hydrogen) atoms. The van der Waals surface area contributed by atoms with Crippen LogP contribution in [0.3, 0.4) is 0 Å². The maximum atomic E-state index is 12.6. The summed E-state index contributed by atoms with van der Waals surface area (Å²) in [7, 11) is -3.51. The van der Waals surface area contributed by atoms with Gasteiger partial charge in [-0.2, -0.15) is 4.31 Å². The van der Waals surface area contributed by atoms with E-state index in [2.05, 4.69) is 5.32 Å². The van der Waals surface area contributed by atoms with Crippen LogP contribution in [0.1, 0.15) is 17.2 Å². The molecule has 1 aliphatic heterocycles. The van der Waals surface area contributed by atoms with E-state index < -0.39 is 16.1 Å². The second-order valence-corrected chi connectivity index (χ2v) is 8.20. The summed E-state index contributed by atoms with van der Waals surface area (Å²) >= 11 is 0. The van der Waals surface area contributed by atoms with Gasteiger partial charge in [-0.3, -0.25) is 4.79 Å². The first-order chi connectivity index (χ1) is 13.0. The predicted octanol–water partition coefficient (Wildman–Crippen LogP) is 1.45. The number of benzene rings is 2. The molecule has 1 fully saturated rings. The lowest BCUT2D eigenvalue weighted by Gasteiger charge is -2.26. The highest BCUT2D eigenvalue weighted by molar-refractivity contribution is 7.89. The molecule has 0 radical (unpaired) electrons. The van der Waals surface area contributed by atoms with E-state index in [4.69, 9.17) is 10.5 Å². The average Bonchev–Trinajstić information content (AvgIpc) is 2.73. The van der Waals surface area contributed by atoms with E-state index in [1.807, 2.05) is 18.2 Å². The SMILES string of the molecule is Cl.NC(C(=O)NCc1ccc(S(=O)(=O)N2CCOCC2)cc1)c1ccccc1. The van der Waals surface area contributed by atoms with Crippen molar-refractivity contribution in [3.05, 3.63) is 65.7 Å². The van der Waals surface area contributed by atoms with E-state index >= 15 is 0 Å². The van der Waals surface area contributed by atoms with Crippen LogP contribution in [-0.4, -0.2) is 44.9 Å². The number of nitrogens with zero attached hydrogens (tertiary/aromatic N) is 1. The molecule has 1 unspecified atom stereocenters. The first kappa shape index (κ1) is 22.3. The third-order valence-electron chi connectivity index (χ3n) is 4.44. The van der Waals surface area contributed by atoms with Crippen LogP contribution in [-0.2, 0) is 26.1 Å². The Balaban J connectivity index is 0.00000280. The smallest absolute Gasteiger partial charge is 0.243 e. The molecule has 152 valence electrons. The van der Waals surface area contributed by atoms with Crippen molar-refractivity contribution in [1.82, 2.24) is 9.62 Å². The number of hydrogen-bond acceptors (Lipinski definition) is 5. The monoisotopic (exact) mass is 425 g/mol. The molecular formula is C19H24ClN3O4S. The summed E-state index contributed by atoms with van der Waals surface area (Å²) in [4.78, 5) is 12.4. The van der Waals surface area contributed by atoms with Crippen molar-refractivity contribution in [2.24, 2.45) is 5.73 Å². The average molecular weight is 426 g/mol. The number of rotatable bonds is 6. The third kappa shape index (κ3) is 5.30. The van der Waals surface area contributed by atoms with Crippen LogP contribution in [0.25, 0.3) is 0 Å². The molecule has 1 heterocycles. The van der Waals surface area contributed by atoms with Gasteiger partial charge in [-0.15, -0.1) is 12.4 Å². The highest BCUT2D eigenvalue weighted by Gasteiger charge is 2.26. The number of hydrogen-bond donors (Lipinski definition) is 2. The van der Waals surface area contributed by atoms with Crippen LogP contribution in [0.4, 0.5) is 0 Å². The van der Waals surface area contributed by atoms with Crippen LogP contribution in [0, 0.1) is 0 Å². The lowest BCUT2D eigenvalue weighted by atomic mass is 10.1. The molecule has 1 aliphatic rings. The third-order valence-corrected chi connectivity index (χ3v) is 6.35. The van der Waals surface area contributed by atoms with Gasteiger partial charge in [0.25, 0.3) is 0 Å². The fraction of sp³-hybridized carbons (Fsp3) is 0.316. The van der Waals surface area contributed by atoms with Crippen molar-refractivity contribution < 1.29 is 17.9 Å². The van der Waals surface area contributed by atoms with Gasteiger partial charge in [0.15, 0.2) is 0 Å². The molecule has 1 amide bonds. The standard InChI is InChI=1S/C19H23N3O4S.ClH/c20-18(16-4-2-1-3-5-16)19(23)21-14-15-6-8-17(9-7-15)27(24,25)22-10-12-26-13-11-22;/h1-9,18H,10-14,20H2,(H,21,23);1H. The summed E-state index contributed by atoms with van der Waals surface area (Å²) in [5.74, 6) is -0.286. The Morgan fingerprint density at radius 2 is 1.68 bits per heavy atom. The maximum Gasteiger partial charge on any atom is 0.243 e. The van der Waals surface area contributed by atoms with Crippen LogP contribution in [0.5, 0.6) is 0 Å². The fourth-order valence-electron chi connectivity index (χ4n) is 2.83. The van der Waals surface area contributed by atoms with Crippen molar-refractivity contribution in [1.29, 1.82) is 0 Å². The molecule has 0 spiro atoms. The Morgan fingerprint density at radius 3 is 2.29 bits per heavy atom. The minimum atomic E-state index is -3.51. The number of ether oxygens (including phenoxy) is 1. The zero-order valence-corrected chi connectivity index (χ0v) is 16.9. The number of nitrogens with one attached hydrogen (secondary N) is 1. The Kier molecular flexibility index (Phi) is 7.97. The number of nitrogens with two attached hydrogens (primary N) is 1. The number of amides is 1. The number of halogens is 1. The first-order valence-electron chi connectivity index (χ1n) is 8.73. The summed E-state index contributed by atoms with van der Waals surface area (Å²) < 4.78 is 31.8. The zero-order chi connectivity index (χ0) is 19.3. The lowest BCUT2D eigenvalue weighted by Crippen LogP contribution is -2.40. The first-order valence-corrected chi connectivity index (χ1v) is 10.2. The van der Waals surface area contributed by atoms with Gasteiger partial charge in [0.2, 0.25) is 15.9 Å². The summed E-state index contributed by atoms with van der Waals surface area (Å²) in [6.45, 7) is 1.81. The van der Waals surface area contributed by atoms with Crippen molar-refractivity contribution in [2.75, 3.05) is 26.3 Å². The second kappa shape index (κ2) is 9.99. The van der Waals surface area contributed by atoms with E-state index in [0.717, 1.165) is 11.1 Å². The molecule has 2 aromatic carbocycles. The lowest BCUT2D eigenvalue weighted by molar-refractivity contribution is -0.122. The van der Waals surface area contributed by atoms with Gasteiger partial charge in [-0.25, -0.2) is 8.42 Å². The van der Waals surface area contributed by atoms with Gasteiger partial charge in [0.05, 0.1) is 18.1 Å². The van der Waals surface area contributed by atoms with Crippen molar-refractivity contribution in [3.8, 4) is 0 Å². The normalized spacial score (nSPS) is 16.0. The molecule has 2 aromatic rings. The van der Waals surface area contributed by atoms with Gasteiger partial charge < -0.3 is 15.8 Å². The Bertz CT molecular complexity index is 870. The van der Waals surface area contributed by atoms with Crippen molar-refractivity contribution in [2.45, 2.75) is 17.5 Å². The summed E-state index contributed by atoms with van der Waals surface area (Å²) in [6, 6.07) is 14.9. The number of morpholine rings is 1. The van der Waals surface area contributed by atoms with Crippen LogP contribution in [0.15, 0.2) is 59.5 Å². The topological polar surface area (TPSA) is 102 Å². The largest absolute Gasteiger partial charge is 0.379 e. The number of carbonyl (C=O) groups is 1. The molecular weight excluding hydrogens is 402 g/mol.